The van der Waals surface area contributed by atoms with Gasteiger partial charge >= 0.3 is 0 Å². The molecule has 1 rings (SSSR count). The second-order valence-electron chi connectivity index (χ2n) is 4.20. The molecule has 1 atom stereocenters. The maximum atomic E-state index is 11.9. The molecule has 0 spiro atoms. The van der Waals surface area contributed by atoms with Crippen molar-refractivity contribution in [2.75, 3.05) is 48.0 Å². The lowest BCUT2D eigenvalue weighted by atomic mass is 10.0. The minimum absolute atomic E-state index is 0.0150. The summed E-state index contributed by atoms with van der Waals surface area (Å²) in [5.41, 5.74) is 3.60. The fraction of sp³-hybridized carbons (Fsp3) is 0.615. The third-order valence-corrected chi connectivity index (χ3v) is 2.27. The highest BCUT2D eigenvalue weighted by Crippen LogP contribution is 2.08. The van der Waals surface area contributed by atoms with Gasteiger partial charge in [-0.1, -0.05) is 12.2 Å². The molecular formula is C13H25N3O3. The molecule has 1 heterocycles. The fourth-order valence-corrected chi connectivity index (χ4v) is 1.47. The number of carbonyl (C=O) groups excluding carboxylic acids is 1. The van der Waals surface area contributed by atoms with Gasteiger partial charge in [0.15, 0.2) is 0 Å². The molecule has 0 fully saturated rings. The van der Waals surface area contributed by atoms with Gasteiger partial charge < -0.3 is 15.0 Å². The van der Waals surface area contributed by atoms with Crippen LogP contribution in [-0.4, -0.2) is 64.9 Å². The quantitative estimate of drug-likeness (QED) is 0.417. The summed E-state index contributed by atoms with van der Waals surface area (Å²) in [6.45, 7) is 5.37. The van der Waals surface area contributed by atoms with Gasteiger partial charge in [-0.05, 0) is 0 Å². The first kappa shape index (κ1) is 17.8. The molecule has 0 aliphatic carbocycles. The molecule has 1 unspecified atom stereocenters. The molecule has 0 radical (unpaired) electrons. The summed E-state index contributed by atoms with van der Waals surface area (Å²) in [5.74, 6) is 0.0150. The Labute approximate surface area is 115 Å². The zero-order chi connectivity index (χ0) is 14.7. The number of ether oxygens (including phenoxy) is 1. The molecule has 0 aromatic heterocycles. The number of hydroxylamine groups is 1. The van der Waals surface area contributed by atoms with Crippen LogP contribution in [0.2, 0.25) is 0 Å². The van der Waals surface area contributed by atoms with E-state index in [1.54, 1.807) is 39.3 Å². The molecular weight excluding hydrogens is 246 g/mol. The number of hydrogen-bond donors (Lipinski definition) is 2. The van der Waals surface area contributed by atoms with Crippen molar-refractivity contribution in [1.82, 2.24) is 15.7 Å². The van der Waals surface area contributed by atoms with E-state index >= 15 is 0 Å². The summed E-state index contributed by atoms with van der Waals surface area (Å²) >= 11 is 0. The highest BCUT2D eigenvalue weighted by Gasteiger charge is 2.24. The minimum Gasteiger partial charge on any atom is -0.388 e. The zero-order valence-corrected chi connectivity index (χ0v) is 12.2. The van der Waals surface area contributed by atoms with E-state index in [0.717, 1.165) is 5.57 Å². The SMILES string of the molecule is C=CCONC1CNCC=C1C(=O)N(C)C.COC. The topological polar surface area (TPSA) is 62.8 Å². The van der Waals surface area contributed by atoms with Crippen LogP contribution in [0.15, 0.2) is 24.3 Å². The van der Waals surface area contributed by atoms with Crippen molar-refractivity contribution >= 4 is 5.91 Å². The Morgan fingerprint density at radius 2 is 2.26 bits per heavy atom. The van der Waals surface area contributed by atoms with Crippen LogP contribution in [-0.2, 0) is 14.4 Å². The first-order valence-electron chi connectivity index (χ1n) is 6.09. The lowest BCUT2D eigenvalue weighted by Crippen LogP contribution is -2.47. The average Bonchev–Trinajstić information content (AvgIpc) is 2.39. The van der Waals surface area contributed by atoms with Crippen LogP contribution in [0.1, 0.15) is 0 Å². The maximum Gasteiger partial charge on any atom is 0.250 e. The van der Waals surface area contributed by atoms with Crippen LogP contribution in [0.25, 0.3) is 0 Å². The summed E-state index contributed by atoms with van der Waals surface area (Å²) < 4.78 is 4.25. The van der Waals surface area contributed by atoms with Gasteiger partial charge in [-0.3, -0.25) is 9.63 Å². The molecule has 1 aliphatic heterocycles. The van der Waals surface area contributed by atoms with Gasteiger partial charge in [0.05, 0.1) is 12.6 Å². The van der Waals surface area contributed by atoms with E-state index in [0.29, 0.717) is 19.7 Å². The highest BCUT2D eigenvalue weighted by molar-refractivity contribution is 5.94. The largest absolute Gasteiger partial charge is 0.388 e. The van der Waals surface area contributed by atoms with E-state index in [1.165, 1.54) is 0 Å². The molecule has 1 aliphatic rings. The van der Waals surface area contributed by atoms with Gasteiger partial charge in [0, 0.05) is 47.0 Å². The van der Waals surface area contributed by atoms with E-state index < -0.39 is 0 Å². The van der Waals surface area contributed by atoms with Gasteiger partial charge in [0.25, 0.3) is 5.91 Å². The van der Waals surface area contributed by atoms with E-state index in [4.69, 9.17) is 4.84 Å². The van der Waals surface area contributed by atoms with Crippen LogP contribution in [0.3, 0.4) is 0 Å². The smallest absolute Gasteiger partial charge is 0.250 e. The third kappa shape index (κ3) is 7.07. The maximum absolute atomic E-state index is 11.9. The number of likely N-dealkylation sites (N-methyl/N-ethyl adjacent to an activating group) is 1. The predicted molar refractivity (Wildman–Crippen MR) is 75.7 cm³/mol. The second-order valence-corrected chi connectivity index (χ2v) is 4.20. The number of carbonyl (C=O) groups is 1. The summed E-state index contributed by atoms with van der Waals surface area (Å²) in [7, 11) is 6.74. The Hall–Kier alpha value is -1.21. The molecule has 0 aromatic carbocycles. The Kier molecular flexibility index (Phi) is 10.0. The number of nitrogens with one attached hydrogen (secondary N) is 2. The highest BCUT2D eigenvalue weighted by atomic mass is 16.6. The molecule has 6 nitrogen and oxygen atoms in total. The van der Waals surface area contributed by atoms with Crippen LogP contribution < -0.4 is 10.8 Å². The molecule has 19 heavy (non-hydrogen) atoms. The van der Waals surface area contributed by atoms with E-state index in [2.05, 4.69) is 22.1 Å². The first-order valence-corrected chi connectivity index (χ1v) is 6.09. The molecule has 1 amide bonds. The predicted octanol–water partition coefficient (Wildman–Crippen LogP) is -0.0574. The summed E-state index contributed by atoms with van der Waals surface area (Å²) in [6, 6.07) is -0.108. The average molecular weight is 271 g/mol. The van der Waals surface area contributed by atoms with Crippen molar-refractivity contribution in [1.29, 1.82) is 0 Å². The van der Waals surface area contributed by atoms with Crippen LogP contribution in [0.5, 0.6) is 0 Å². The molecule has 0 saturated heterocycles. The Morgan fingerprint density at radius 3 is 2.79 bits per heavy atom. The van der Waals surface area contributed by atoms with Crippen LogP contribution in [0.4, 0.5) is 0 Å². The van der Waals surface area contributed by atoms with Crippen molar-refractivity contribution in [3.63, 3.8) is 0 Å². The Morgan fingerprint density at radius 1 is 1.63 bits per heavy atom. The number of nitrogens with zero attached hydrogens (tertiary/aromatic N) is 1. The Bertz CT molecular complexity index is 304. The van der Waals surface area contributed by atoms with Crippen LogP contribution in [0, 0.1) is 0 Å². The van der Waals surface area contributed by atoms with Crippen molar-refractivity contribution in [2.45, 2.75) is 6.04 Å². The summed E-state index contributed by atoms with van der Waals surface area (Å²) in [6.07, 6.45) is 3.54. The molecule has 0 aromatic rings. The minimum atomic E-state index is -0.108. The number of hydrogen-bond acceptors (Lipinski definition) is 5. The van der Waals surface area contributed by atoms with Gasteiger partial charge in [-0.25, -0.2) is 0 Å². The normalized spacial score (nSPS) is 17.9. The molecule has 0 bridgehead atoms. The van der Waals surface area contributed by atoms with Gasteiger partial charge in [-0.15, -0.1) is 6.58 Å². The standard InChI is InChI=1S/C11H19N3O2.C2H6O/c1-4-7-16-13-10-8-12-6-5-9(10)11(15)14(2)3;1-3-2/h4-5,10,12-13H,1,6-8H2,2-3H3;1-2H3. The van der Waals surface area contributed by atoms with E-state index in [1.807, 2.05) is 6.08 Å². The van der Waals surface area contributed by atoms with Crippen molar-refractivity contribution in [3.8, 4) is 0 Å². The van der Waals surface area contributed by atoms with Crippen molar-refractivity contribution < 1.29 is 14.4 Å². The second kappa shape index (κ2) is 10.7. The molecule has 2 N–H and O–H groups in total. The van der Waals surface area contributed by atoms with Crippen molar-refractivity contribution in [3.05, 3.63) is 24.3 Å². The van der Waals surface area contributed by atoms with Gasteiger partial charge in [-0.2, -0.15) is 5.48 Å². The lowest BCUT2D eigenvalue weighted by Gasteiger charge is -2.26. The van der Waals surface area contributed by atoms with Crippen molar-refractivity contribution in [2.24, 2.45) is 0 Å². The van der Waals surface area contributed by atoms with Crippen LogP contribution >= 0.6 is 0 Å². The molecule has 6 heteroatoms. The fourth-order valence-electron chi connectivity index (χ4n) is 1.47. The lowest BCUT2D eigenvalue weighted by molar-refractivity contribution is -0.125. The monoisotopic (exact) mass is 271 g/mol. The number of amides is 1. The molecule has 0 saturated carbocycles. The Balaban J connectivity index is 0.000000982. The molecule has 110 valence electrons. The zero-order valence-electron chi connectivity index (χ0n) is 12.2. The first-order chi connectivity index (χ1) is 9.08. The van der Waals surface area contributed by atoms with E-state index in [-0.39, 0.29) is 11.9 Å². The summed E-state index contributed by atoms with van der Waals surface area (Å²) in [4.78, 5) is 18.6. The summed E-state index contributed by atoms with van der Waals surface area (Å²) in [5, 5.41) is 3.17. The van der Waals surface area contributed by atoms with E-state index in [9.17, 15) is 4.79 Å². The van der Waals surface area contributed by atoms with Gasteiger partial charge in [0.2, 0.25) is 0 Å². The van der Waals surface area contributed by atoms with Gasteiger partial charge in [0.1, 0.15) is 0 Å². The number of rotatable bonds is 5. The third-order valence-electron chi connectivity index (χ3n) is 2.27. The number of methoxy groups -OCH3 is 1.